The van der Waals surface area contributed by atoms with Crippen LogP contribution in [0.25, 0.3) is 0 Å². The molecule has 2 aliphatic rings. The van der Waals surface area contributed by atoms with Gasteiger partial charge in [0.05, 0.1) is 6.10 Å². The van der Waals surface area contributed by atoms with Gasteiger partial charge in [0.15, 0.2) is 0 Å². The van der Waals surface area contributed by atoms with Crippen molar-refractivity contribution in [1.82, 2.24) is 9.88 Å². The number of likely N-dealkylation sites (tertiary alicyclic amines) is 1. The first kappa shape index (κ1) is 14.0. The van der Waals surface area contributed by atoms with Crippen LogP contribution in [0.3, 0.4) is 0 Å². The Labute approximate surface area is 122 Å². The molecule has 1 N–H and O–H groups in total. The van der Waals surface area contributed by atoms with E-state index in [0.29, 0.717) is 12.0 Å². The standard InChI is InChI=1S/C17H26N2O/c20-17-8-2-1-6-15(17)16-7-4-11-19(16)12-9-14-5-3-10-18-13-14/h3,5,10,13,15-17,20H,1-2,4,6-9,11-12H2. The molecule has 0 amide bonds. The van der Waals surface area contributed by atoms with Gasteiger partial charge in [-0.25, -0.2) is 0 Å². The highest BCUT2D eigenvalue weighted by atomic mass is 16.3. The van der Waals surface area contributed by atoms with E-state index in [4.69, 9.17) is 0 Å². The molecule has 3 rings (SSSR count). The quantitative estimate of drug-likeness (QED) is 0.917. The van der Waals surface area contributed by atoms with E-state index in [1.165, 1.54) is 44.2 Å². The fourth-order valence-corrected chi connectivity index (χ4v) is 4.02. The molecule has 0 aromatic carbocycles. The van der Waals surface area contributed by atoms with Crippen LogP contribution in [0.4, 0.5) is 0 Å². The first-order valence-corrected chi connectivity index (χ1v) is 8.15. The molecule has 0 bridgehead atoms. The number of hydrogen-bond donors (Lipinski definition) is 1. The van der Waals surface area contributed by atoms with Crippen molar-refractivity contribution in [2.24, 2.45) is 5.92 Å². The van der Waals surface area contributed by atoms with E-state index in [-0.39, 0.29) is 6.10 Å². The Balaban J connectivity index is 1.58. The highest BCUT2D eigenvalue weighted by Gasteiger charge is 2.36. The third-order valence-electron chi connectivity index (χ3n) is 5.10. The molecule has 110 valence electrons. The lowest BCUT2D eigenvalue weighted by atomic mass is 9.80. The molecule has 1 aromatic rings. The van der Waals surface area contributed by atoms with Crippen molar-refractivity contribution in [2.75, 3.05) is 13.1 Å². The van der Waals surface area contributed by atoms with Crippen LogP contribution >= 0.6 is 0 Å². The van der Waals surface area contributed by atoms with E-state index in [1.54, 1.807) is 0 Å². The molecular formula is C17H26N2O. The molecule has 3 atom stereocenters. The Morgan fingerprint density at radius 3 is 2.90 bits per heavy atom. The van der Waals surface area contributed by atoms with Gasteiger partial charge in [-0.15, -0.1) is 0 Å². The van der Waals surface area contributed by atoms with Gasteiger partial charge in [0.1, 0.15) is 0 Å². The second kappa shape index (κ2) is 6.68. The predicted octanol–water partition coefficient (Wildman–Crippen LogP) is 2.64. The molecule has 1 aliphatic heterocycles. The number of rotatable bonds is 4. The summed E-state index contributed by atoms with van der Waals surface area (Å²) in [6.07, 6.45) is 12.1. The van der Waals surface area contributed by atoms with Gasteiger partial charge in [-0.05, 0) is 50.3 Å². The van der Waals surface area contributed by atoms with Crippen molar-refractivity contribution in [3.05, 3.63) is 30.1 Å². The lowest BCUT2D eigenvalue weighted by Crippen LogP contribution is -2.43. The smallest absolute Gasteiger partial charge is 0.0583 e. The molecule has 1 saturated carbocycles. The van der Waals surface area contributed by atoms with Gasteiger partial charge in [0, 0.05) is 30.9 Å². The van der Waals surface area contributed by atoms with E-state index in [0.717, 1.165) is 19.4 Å². The van der Waals surface area contributed by atoms with E-state index < -0.39 is 0 Å². The summed E-state index contributed by atoms with van der Waals surface area (Å²) < 4.78 is 0. The molecule has 0 spiro atoms. The van der Waals surface area contributed by atoms with Crippen molar-refractivity contribution in [1.29, 1.82) is 0 Å². The Morgan fingerprint density at radius 1 is 1.20 bits per heavy atom. The van der Waals surface area contributed by atoms with Gasteiger partial charge in [0.2, 0.25) is 0 Å². The minimum absolute atomic E-state index is 0.0623. The molecule has 2 heterocycles. The zero-order valence-electron chi connectivity index (χ0n) is 12.2. The number of hydrogen-bond acceptors (Lipinski definition) is 3. The van der Waals surface area contributed by atoms with E-state index >= 15 is 0 Å². The largest absolute Gasteiger partial charge is 0.393 e. The van der Waals surface area contributed by atoms with Crippen LogP contribution in [-0.2, 0) is 6.42 Å². The van der Waals surface area contributed by atoms with Gasteiger partial charge in [0.25, 0.3) is 0 Å². The number of nitrogens with zero attached hydrogens (tertiary/aromatic N) is 2. The van der Waals surface area contributed by atoms with Gasteiger partial charge < -0.3 is 5.11 Å². The van der Waals surface area contributed by atoms with Crippen LogP contribution in [0.15, 0.2) is 24.5 Å². The van der Waals surface area contributed by atoms with Gasteiger partial charge >= 0.3 is 0 Å². The SMILES string of the molecule is OC1CCCCC1C1CCCN1CCc1cccnc1. The zero-order valence-corrected chi connectivity index (χ0v) is 12.2. The third-order valence-corrected chi connectivity index (χ3v) is 5.10. The average molecular weight is 274 g/mol. The number of aliphatic hydroxyl groups excluding tert-OH is 1. The van der Waals surface area contributed by atoms with Crippen LogP contribution in [0.5, 0.6) is 0 Å². The molecular weight excluding hydrogens is 248 g/mol. The summed E-state index contributed by atoms with van der Waals surface area (Å²) >= 11 is 0. The summed E-state index contributed by atoms with van der Waals surface area (Å²) in [7, 11) is 0. The zero-order chi connectivity index (χ0) is 13.8. The van der Waals surface area contributed by atoms with Crippen LogP contribution in [0, 0.1) is 5.92 Å². The third kappa shape index (κ3) is 3.21. The fraction of sp³-hybridized carbons (Fsp3) is 0.706. The summed E-state index contributed by atoms with van der Waals surface area (Å²) in [5.41, 5.74) is 1.32. The summed E-state index contributed by atoms with van der Waals surface area (Å²) in [6, 6.07) is 4.79. The van der Waals surface area contributed by atoms with Gasteiger partial charge in [-0.3, -0.25) is 9.88 Å². The van der Waals surface area contributed by atoms with Gasteiger partial charge in [-0.2, -0.15) is 0 Å². The normalized spacial score (nSPS) is 31.6. The average Bonchev–Trinajstić information content (AvgIpc) is 2.95. The second-order valence-electron chi connectivity index (χ2n) is 6.37. The fourth-order valence-electron chi connectivity index (χ4n) is 4.02. The number of aromatic nitrogens is 1. The van der Waals surface area contributed by atoms with E-state index in [9.17, 15) is 5.11 Å². The topological polar surface area (TPSA) is 36.4 Å². The van der Waals surface area contributed by atoms with Crippen LogP contribution < -0.4 is 0 Å². The molecule has 1 aromatic heterocycles. The minimum atomic E-state index is -0.0623. The van der Waals surface area contributed by atoms with E-state index in [1.807, 2.05) is 18.5 Å². The van der Waals surface area contributed by atoms with Crippen molar-refractivity contribution in [2.45, 2.75) is 57.1 Å². The number of aliphatic hydroxyl groups is 1. The molecule has 20 heavy (non-hydrogen) atoms. The lowest BCUT2D eigenvalue weighted by molar-refractivity contribution is 0.0225. The van der Waals surface area contributed by atoms with Crippen molar-refractivity contribution in [3.63, 3.8) is 0 Å². The van der Waals surface area contributed by atoms with Crippen LogP contribution in [0.2, 0.25) is 0 Å². The van der Waals surface area contributed by atoms with Crippen LogP contribution in [-0.4, -0.2) is 40.2 Å². The second-order valence-corrected chi connectivity index (χ2v) is 6.37. The maximum absolute atomic E-state index is 10.3. The van der Waals surface area contributed by atoms with Crippen molar-refractivity contribution in [3.8, 4) is 0 Å². The number of pyridine rings is 1. The molecule has 2 fully saturated rings. The molecule has 1 saturated heterocycles. The van der Waals surface area contributed by atoms with Gasteiger partial charge in [-0.1, -0.05) is 18.9 Å². The first-order chi connectivity index (χ1) is 9.84. The Bertz CT molecular complexity index is 409. The van der Waals surface area contributed by atoms with Crippen molar-refractivity contribution >= 4 is 0 Å². The maximum Gasteiger partial charge on any atom is 0.0583 e. The molecule has 3 heteroatoms. The van der Waals surface area contributed by atoms with Crippen LogP contribution in [0.1, 0.15) is 44.1 Å². The highest BCUT2D eigenvalue weighted by Crippen LogP contribution is 2.34. The molecule has 1 aliphatic carbocycles. The molecule has 0 radical (unpaired) electrons. The Morgan fingerprint density at radius 2 is 2.10 bits per heavy atom. The first-order valence-electron chi connectivity index (χ1n) is 8.15. The summed E-state index contributed by atoms with van der Waals surface area (Å²) in [4.78, 5) is 6.81. The lowest BCUT2D eigenvalue weighted by Gasteiger charge is -2.37. The Kier molecular flexibility index (Phi) is 4.69. The highest BCUT2D eigenvalue weighted by molar-refractivity contribution is 5.09. The monoisotopic (exact) mass is 274 g/mol. The minimum Gasteiger partial charge on any atom is -0.393 e. The van der Waals surface area contributed by atoms with E-state index in [2.05, 4.69) is 16.0 Å². The summed E-state index contributed by atoms with van der Waals surface area (Å²) in [5, 5.41) is 10.3. The summed E-state index contributed by atoms with van der Waals surface area (Å²) in [5.74, 6) is 0.514. The summed E-state index contributed by atoms with van der Waals surface area (Å²) in [6.45, 7) is 2.31. The van der Waals surface area contributed by atoms with Crippen molar-refractivity contribution < 1.29 is 5.11 Å². The maximum atomic E-state index is 10.3. The molecule has 3 unspecified atom stereocenters. The molecule has 3 nitrogen and oxygen atoms in total. The predicted molar refractivity (Wildman–Crippen MR) is 80.5 cm³/mol. The Hall–Kier alpha value is -0.930.